The Hall–Kier alpha value is -1.92. The smallest absolute Gasteiger partial charge is 0.341 e. The molecule has 0 fully saturated rings. The minimum atomic E-state index is -0.346. The monoisotopic (exact) mass is 376 g/mol. The van der Waals surface area contributed by atoms with Crippen LogP contribution in [0.3, 0.4) is 0 Å². The number of carbonyl (C=O) groups is 1. The lowest BCUT2D eigenvalue weighted by atomic mass is 10.0. The van der Waals surface area contributed by atoms with Crippen LogP contribution in [0.2, 0.25) is 0 Å². The number of hydrogen-bond donors (Lipinski definition) is 2. The van der Waals surface area contributed by atoms with Crippen LogP contribution in [0.25, 0.3) is 10.4 Å². The lowest BCUT2D eigenvalue weighted by Crippen LogP contribution is -2.44. The molecule has 0 aliphatic heterocycles. The Bertz CT molecular complexity index is 739. The Balaban J connectivity index is 2.30. The molecule has 1 aromatic carbocycles. The quantitative estimate of drug-likeness (QED) is 0.545. The zero-order valence-corrected chi connectivity index (χ0v) is 16.6. The molecule has 0 radical (unpaired) electrons. The van der Waals surface area contributed by atoms with Crippen LogP contribution in [0.4, 0.5) is 5.00 Å². The van der Waals surface area contributed by atoms with Crippen LogP contribution in [0.5, 0.6) is 0 Å². The molecule has 0 aliphatic carbocycles. The fourth-order valence-electron chi connectivity index (χ4n) is 2.12. The summed E-state index contributed by atoms with van der Waals surface area (Å²) in [7, 11) is 0. The normalized spacial score (nSPS) is 11.0. The summed E-state index contributed by atoms with van der Waals surface area (Å²) in [4.78, 5) is 13.3. The molecule has 0 bridgehead atoms. The van der Waals surface area contributed by atoms with E-state index < -0.39 is 0 Å². The highest BCUT2D eigenvalue weighted by atomic mass is 32.1. The highest BCUT2D eigenvalue weighted by molar-refractivity contribution is 7.80. The van der Waals surface area contributed by atoms with Crippen molar-refractivity contribution in [2.75, 3.05) is 11.9 Å². The number of ether oxygens (including phenoxy) is 1. The van der Waals surface area contributed by atoms with Gasteiger partial charge in [0.2, 0.25) is 0 Å². The van der Waals surface area contributed by atoms with Crippen LogP contribution >= 0.6 is 23.6 Å². The van der Waals surface area contributed by atoms with Crippen molar-refractivity contribution in [2.45, 2.75) is 39.7 Å². The maximum atomic E-state index is 12.3. The summed E-state index contributed by atoms with van der Waals surface area (Å²) < 4.78 is 5.19. The third-order valence-electron chi connectivity index (χ3n) is 3.85. The maximum Gasteiger partial charge on any atom is 0.341 e. The summed E-state index contributed by atoms with van der Waals surface area (Å²) in [6, 6.07) is 11.8. The van der Waals surface area contributed by atoms with Gasteiger partial charge in [0.15, 0.2) is 5.11 Å². The van der Waals surface area contributed by atoms with Gasteiger partial charge in [0.1, 0.15) is 5.00 Å². The van der Waals surface area contributed by atoms with Crippen LogP contribution in [0.15, 0.2) is 36.4 Å². The average Bonchev–Trinajstić information content (AvgIpc) is 2.99. The van der Waals surface area contributed by atoms with Crippen molar-refractivity contribution in [3.05, 3.63) is 42.0 Å². The summed E-state index contributed by atoms with van der Waals surface area (Å²) in [5.74, 6) is -0.346. The number of anilines is 1. The highest BCUT2D eigenvalue weighted by Gasteiger charge is 2.21. The molecule has 0 saturated heterocycles. The molecule has 4 nitrogen and oxygen atoms in total. The van der Waals surface area contributed by atoms with Gasteiger partial charge in [0.25, 0.3) is 0 Å². The van der Waals surface area contributed by atoms with E-state index in [-0.39, 0.29) is 11.5 Å². The SMILES string of the molecule is CCOC(=O)c1cc(-c2ccccc2)sc1NC(=S)NC(C)(C)CC. The van der Waals surface area contributed by atoms with Gasteiger partial charge in [-0.2, -0.15) is 0 Å². The van der Waals surface area contributed by atoms with Gasteiger partial charge in [0, 0.05) is 10.4 Å². The van der Waals surface area contributed by atoms with Gasteiger partial charge in [-0.15, -0.1) is 11.3 Å². The van der Waals surface area contributed by atoms with Gasteiger partial charge < -0.3 is 15.4 Å². The van der Waals surface area contributed by atoms with Gasteiger partial charge in [-0.3, -0.25) is 0 Å². The van der Waals surface area contributed by atoms with E-state index in [4.69, 9.17) is 17.0 Å². The van der Waals surface area contributed by atoms with Crippen molar-refractivity contribution in [2.24, 2.45) is 0 Å². The van der Waals surface area contributed by atoms with Crippen molar-refractivity contribution >= 4 is 39.6 Å². The average molecular weight is 377 g/mol. The molecular weight excluding hydrogens is 352 g/mol. The molecular formula is C19H24N2O2S2. The van der Waals surface area contributed by atoms with E-state index in [0.717, 1.165) is 16.9 Å². The Morgan fingerprint density at radius 1 is 1.24 bits per heavy atom. The van der Waals surface area contributed by atoms with Gasteiger partial charge in [-0.1, -0.05) is 37.3 Å². The van der Waals surface area contributed by atoms with Gasteiger partial charge in [-0.05, 0) is 51.0 Å². The first-order valence-corrected chi connectivity index (χ1v) is 9.54. The molecule has 1 heterocycles. The number of rotatable bonds is 6. The molecule has 2 aromatic rings. The van der Waals surface area contributed by atoms with Crippen LogP contribution in [0, 0.1) is 0 Å². The Labute approximate surface area is 158 Å². The fourth-order valence-corrected chi connectivity index (χ4v) is 3.62. The van der Waals surface area contributed by atoms with E-state index in [1.807, 2.05) is 36.4 Å². The first-order chi connectivity index (χ1) is 11.9. The maximum absolute atomic E-state index is 12.3. The van der Waals surface area contributed by atoms with E-state index in [9.17, 15) is 4.79 Å². The van der Waals surface area contributed by atoms with Crippen molar-refractivity contribution in [1.29, 1.82) is 0 Å². The molecule has 6 heteroatoms. The first-order valence-electron chi connectivity index (χ1n) is 8.32. The van der Waals surface area contributed by atoms with Crippen molar-refractivity contribution in [3.8, 4) is 10.4 Å². The van der Waals surface area contributed by atoms with E-state index in [0.29, 0.717) is 22.3 Å². The molecule has 0 spiro atoms. The first kappa shape index (κ1) is 19.4. The zero-order chi connectivity index (χ0) is 18.4. The van der Waals surface area contributed by atoms with Crippen LogP contribution in [0.1, 0.15) is 44.5 Å². The fraction of sp³-hybridized carbons (Fsp3) is 0.368. The third kappa shape index (κ3) is 5.28. The Morgan fingerprint density at radius 3 is 2.52 bits per heavy atom. The topological polar surface area (TPSA) is 50.4 Å². The van der Waals surface area contributed by atoms with Crippen molar-refractivity contribution in [1.82, 2.24) is 5.32 Å². The number of benzene rings is 1. The van der Waals surface area contributed by atoms with E-state index in [2.05, 4.69) is 31.4 Å². The molecule has 0 saturated carbocycles. The summed E-state index contributed by atoms with van der Waals surface area (Å²) >= 11 is 6.91. The summed E-state index contributed by atoms with van der Waals surface area (Å²) in [5, 5.41) is 7.64. The van der Waals surface area contributed by atoms with Crippen molar-refractivity contribution < 1.29 is 9.53 Å². The van der Waals surface area contributed by atoms with Crippen LogP contribution < -0.4 is 10.6 Å². The Morgan fingerprint density at radius 2 is 1.92 bits per heavy atom. The van der Waals surface area contributed by atoms with Gasteiger partial charge >= 0.3 is 5.97 Å². The molecule has 25 heavy (non-hydrogen) atoms. The summed E-state index contributed by atoms with van der Waals surface area (Å²) in [5.41, 5.74) is 1.44. The molecule has 134 valence electrons. The second-order valence-electron chi connectivity index (χ2n) is 6.26. The molecule has 2 N–H and O–H groups in total. The minimum Gasteiger partial charge on any atom is -0.462 e. The van der Waals surface area contributed by atoms with Crippen LogP contribution in [-0.2, 0) is 4.74 Å². The number of nitrogens with one attached hydrogen (secondary N) is 2. The zero-order valence-electron chi connectivity index (χ0n) is 15.0. The molecule has 2 rings (SSSR count). The van der Waals surface area contributed by atoms with E-state index in [1.165, 1.54) is 11.3 Å². The summed E-state index contributed by atoms with van der Waals surface area (Å²) in [6.45, 7) is 8.39. The van der Waals surface area contributed by atoms with E-state index in [1.54, 1.807) is 6.92 Å². The lowest BCUT2D eigenvalue weighted by molar-refractivity contribution is 0.0528. The van der Waals surface area contributed by atoms with Gasteiger partial charge in [0.05, 0.1) is 12.2 Å². The largest absolute Gasteiger partial charge is 0.462 e. The molecule has 0 amide bonds. The molecule has 0 aliphatic rings. The molecule has 0 unspecified atom stereocenters. The number of thiocarbonyl (C=S) groups is 1. The van der Waals surface area contributed by atoms with Gasteiger partial charge in [-0.25, -0.2) is 4.79 Å². The number of carbonyl (C=O) groups excluding carboxylic acids is 1. The number of thiophene rings is 1. The standard InChI is InChI=1S/C19H24N2O2S2/c1-5-19(3,4)21-18(24)20-16-14(17(22)23-6-2)12-15(25-16)13-10-8-7-9-11-13/h7-12H,5-6H2,1-4H3,(H2,20,21,24). The predicted octanol–water partition coefficient (Wildman–Crippen LogP) is 5.07. The second kappa shape index (κ2) is 8.45. The molecule has 0 atom stereocenters. The summed E-state index contributed by atoms with van der Waals surface area (Å²) in [6.07, 6.45) is 0.930. The van der Waals surface area contributed by atoms with Crippen molar-refractivity contribution in [3.63, 3.8) is 0 Å². The van der Waals surface area contributed by atoms with Crippen LogP contribution in [-0.4, -0.2) is 23.2 Å². The minimum absolute atomic E-state index is 0.117. The highest BCUT2D eigenvalue weighted by Crippen LogP contribution is 2.36. The number of esters is 1. The lowest BCUT2D eigenvalue weighted by Gasteiger charge is -2.26. The molecule has 1 aromatic heterocycles. The Kier molecular flexibility index (Phi) is 6.56. The van der Waals surface area contributed by atoms with E-state index >= 15 is 0 Å². The third-order valence-corrected chi connectivity index (χ3v) is 5.15. The predicted molar refractivity (Wildman–Crippen MR) is 109 cm³/mol. The second-order valence-corrected chi connectivity index (χ2v) is 7.72. The number of hydrogen-bond acceptors (Lipinski definition) is 4.